The molecule has 1 atom stereocenters. The Bertz CT molecular complexity index is 657. The van der Waals surface area contributed by atoms with Crippen LogP contribution in [0.25, 0.3) is 0 Å². The van der Waals surface area contributed by atoms with Crippen LogP contribution in [0.5, 0.6) is 5.75 Å². The smallest absolute Gasteiger partial charge is 0.330 e. The third-order valence-electron chi connectivity index (χ3n) is 3.42. The molecule has 1 aromatic rings. The van der Waals surface area contributed by atoms with E-state index in [9.17, 15) is 29.4 Å². The van der Waals surface area contributed by atoms with Gasteiger partial charge in [-0.25, -0.2) is 9.59 Å². The average Bonchev–Trinajstić information content (AvgIpc) is 2.51. The van der Waals surface area contributed by atoms with E-state index in [1.807, 2.05) is 0 Å². The predicted molar refractivity (Wildman–Crippen MR) is 76.4 cm³/mol. The number of hydrogen-bond acceptors (Lipinski definition) is 5. The van der Waals surface area contributed by atoms with E-state index in [0.29, 0.717) is 4.90 Å². The number of urea groups is 1. The molecule has 1 aromatic carbocycles. The van der Waals surface area contributed by atoms with Crippen molar-refractivity contribution in [2.45, 2.75) is 6.04 Å². The van der Waals surface area contributed by atoms with E-state index in [1.165, 1.54) is 36.2 Å². The minimum absolute atomic E-state index is 0.0190. The number of carbonyl (C=O) groups excluding carboxylic acids is 3. The molecule has 2 rings (SSSR count). The molecule has 1 aliphatic heterocycles. The molecule has 23 heavy (non-hydrogen) atoms. The number of carbonyl (C=O) groups is 4. The minimum Gasteiger partial charge on any atom is -0.508 e. The van der Waals surface area contributed by atoms with E-state index in [-0.39, 0.29) is 24.4 Å². The summed E-state index contributed by atoms with van der Waals surface area (Å²) in [6.07, 6.45) is 0. The predicted octanol–water partition coefficient (Wildman–Crippen LogP) is -0.472. The van der Waals surface area contributed by atoms with Crippen molar-refractivity contribution in [2.24, 2.45) is 0 Å². The molecule has 0 aliphatic carbocycles. The Morgan fingerprint density at radius 2 is 1.74 bits per heavy atom. The monoisotopic (exact) mass is 321 g/mol. The molecular formula is C14H15N3O6. The standard InChI is InChI=1S/C14H15N3O6/c1-16-6-7-17(12(20)11(16)19)14(23)15-10(13(21)22)8-2-4-9(18)5-3-8/h2-5,10,18H,6-7H2,1H3,(H,15,23)(H,21,22). The molecule has 0 radical (unpaired) electrons. The second kappa shape index (κ2) is 6.34. The first-order valence-corrected chi connectivity index (χ1v) is 6.70. The fraction of sp³-hybridized carbons (Fsp3) is 0.286. The molecule has 1 heterocycles. The summed E-state index contributed by atoms with van der Waals surface area (Å²) in [5, 5.41) is 20.7. The summed E-state index contributed by atoms with van der Waals surface area (Å²) in [7, 11) is 1.44. The fourth-order valence-electron chi connectivity index (χ4n) is 2.08. The molecule has 3 N–H and O–H groups in total. The van der Waals surface area contributed by atoms with Gasteiger partial charge < -0.3 is 20.4 Å². The van der Waals surface area contributed by atoms with Gasteiger partial charge in [0.25, 0.3) is 0 Å². The van der Waals surface area contributed by atoms with E-state index in [1.54, 1.807) is 0 Å². The number of imide groups is 1. The Morgan fingerprint density at radius 3 is 2.30 bits per heavy atom. The molecule has 0 saturated carbocycles. The van der Waals surface area contributed by atoms with Crippen LogP contribution in [0.4, 0.5) is 4.79 Å². The number of aromatic hydroxyl groups is 1. The number of amides is 4. The molecule has 9 nitrogen and oxygen atoms in total. The number of carboxylic acids is 1. The number of benzene rings is 1. The number of rotatable bonds is 3. The lowest BCUT2D eigenvalue weighted by Gasteiger charge is -2.30. The second-order valence-electron chi connectivity index (χ2n) is 5.00. The highest BCUT2D eigenvalue weighted by Gasteiger charge is 2.36. The van der Waals surface area contributed by atoms with Crippen molar-refractivity contribution in [3.05, 3.63) is 29.8 Å². The molecule has 0 aromatic heterocycles. The molecule has 1 fully saturated rings. The molecule has 122 valence electrons. The second-order valence-corrected chi connectivity index (χ2v) is 5.00. The van der Waals surface area contributed by atoms with E-state index < -0.39 is 29.9 Å². The Hall–Kier alpha value is -3.10. The maximum Gasteiger partial charge on any atom is 0.330 e. The maximum absolute atomic E-state index is 12.1. The number of phenolic OH excluding ortho intramolecular Hbond substituents is 1. The molecule has 0 bridgehead atoms. The Kier molecular flexibility index (Phi) is 4.49. The number of phenols is 1. The summed E-state index contributed by atoms with van der Waals surface area (Å²) in [4.78, 5) is 48.7. The van der Waals surface area contributed by atoms with Gasteiger partial charge in [0.15, 0.2) is 6.04 Å². The average molecular weight is 321 g/mol. The molecule has 1 unspecified atom stereocenters. The van der Waals surface area contributed by atoms with Crippen molar-refractivity contribution < 1.29 is 29.4 Å². The molecule has 0 spiro atoms. The van der Waals surface area contributed by atoms with E-state index in [2.05, 4.69) is 5.32 Å². The van der Waals surface area contributed by atoms with Gasteiger partial charge in [-0.05, 0) is 17.7 Å². The van der Waals surface area contributed by atoms with Gasteiger partial charge >= 0.3 is 23.8 Å². The van der Waals surface area contributed by atoms with Gasteiger partial charge in [0.05, 0.1) is 0 Å². The van der Waals surface area contributed by atoms with Gasteiger partial charge in [-0.2, -0.15) is 0 Å². The largest absolute Gasteiger partial charge is 0.508 e. The Morgan fingerprint density at radius 1 is 1.13 bits per heavy atom. The first-order chi connectivity index (χ1) is 10.8. The maximum atomic E-state index is 12.1. The molecule has 4 amide bonds. The zero-order valence-corrected chi connectivity index (χ0v) is 12.2. The highest BCUT2D eigenvalue weighted by molar-refractivity contribution is 6.38. The van der Waals surface area contributed by atoms with Crippen molar-refractivity contribution in [3.63, 3.8) is 0 Å². The number of nitrogens with one attached hydrogen (secondary N) is 1. The van der Waals surface area contributed by atoms with E-state index in [4.69, 9.17) is 0 Å². The van der Waals surface area contributed by atoms with Crippen LogP contribution in [-0.2, 0) is 14.4 Å². The van der Waals surface area contributed by atoms with Crippen molar-refractivity contribution in [2.75, 3.05) is 20.1 Å². The lowest BCUT2D eigenvalue weighted by molar-refractivity contribution is -0.152. The van der Waals surface area contributed by atoms with E-state index >= 15 is 0 Å². The van der Waals surface area contributed by atoms with Crippen molar-refractivity contribution >= 4 is 23.8 Å². The summed E-state index contributed by atoms with van der Waals surface area (Å²) in [6, 6.07) is 2.86. The molecule has 1 aliphatic rings. The highest BCUT2D eigenvalue weighted by atomic mass is 16.4. The third-order valence-corrected chi connectivity index (χ3v) is 3.42. The van der Waals surface area contributed by atoms with Gasteiger partial charge in [0, 0.05) is 20.1 Å². The highest BCUT2D eigenvalue weighted by Crippen LogP contribution is 2.18. The Labute approximate surface area is 131 Å². The molecular weight excluding hydrogens is 306 g/mol. The first kappa shape index (κ1) is 16.3. The molecule has 1 saturated heterocycles. The normalized spacial score (nSPS) is 16.2. The van der Waals surface area contributed by atoms with Crippen molar-refractivity contribution in [3.8, 4) is 5.75 Å². The summed E-state index contributed by atoms with van der Waals surface area (Å²) in [5.41, 5.74) is 0.219. The van der Waals surface area contributed by atoms with Crippen molar-refractivity contribution in [1.82, 2.24) is 15.1 Å². The summed E-state index contributed by atoms with van der Waals surface area (Å²) >= 11 is 0. The lowest BCUT2D eigenvalue weighted by Crippen LogP contribution is -2.57. The van der Waals surface area contributed by atoms with Crippen LogP contribution in [0.2, 0.25) is 0 Å². The number of nitrogens with zero attached hydrogens (tertiary/aromatic N) is 2. The van der Waals surface area contributed by atoms with Crippen LogP contribution in [0.3, 0.4) is 0 Å². The lowest BCUT2D eigenvalue weighted by atomic mass is 10.1. The number of aliphatic carboxylic acids is 1. The van der Waals surface area contributed by atoms with Gasteiger partial charge in [-0.3, -0.25) is 14.5 Å². The minimum atomic E-state index is -1.41. The van der Waals surface area contributed by atoms with Crippen LogP contribution in [-0.4, -0.2) is 64.0 Å². The number of likely N-dealkylation sites (N-methyl/N-ethyl adjacent to an activating group) is 1. The Balaban J connectivity index is 2.15. The first-order valence-electron chi connectivity index (χ1n) is 6.70. The van der Waals surface area contributed by atoms with E-state index in [0.717, 1.165) is 0 Å². The zero-order chi connectivity index (χ0) is 17.1. The zero-order valence-electron chi connectivity index (χ0n) is 12.2. The van der Waals surface area contributed by atoms with Crippen LogP contribution >= 0.6 is 0 Å². The van der Waals surface area contributed by atoms with Crippen LogP contribution in [0.1, 0.15) is 11.6 Å². The van der Waals surface area contributed by atoms with Crippen LogP contribution in [0.15, 0.2) is 24.3 Å². The summed E-state index contributed by atoms with van der Waals surface area (Å²) in [6.45, 7) is 0.157. The topological polar surface area (TPSA) is 127 Å². The van der Waals surface area contributed by atoms with Gasteiger partial charge in [-0.15, -0.1) is 0 Å². The van der Waals surface area contributed by atoms with Gasteiger partial charge in [0.2, 0.25) is 0 Å². The number of piperazine rings is 1. The fourth-order valence-corrected chi connectivity index (χ4v) is 2.08. The van der Waals surface area contributed by atoms with Gasteiger partial charge in [-0.1, -0.05) is 12.1 Å². The van der Waals surface area contributed by atoms with Crippen LogP contribution in [0, 0.1) is 0 Å². The third kappa shape index (κ3) is 3.39. The SMILES string of the molecule is CN1CCN(C(=O)NC(C(=O)O)c2ccc(O)cc2)C(=O)C1=O. The number of carboxylic acid groups (broad SMARTS) is 1. The van der Waals surface area contributed by atoms with Gasteiger partial charge in [0.1, 0.15) is 5.75 Å². The molecule has 9 heteroatoms. The summed E-state index contributed by atoms with van der Waals surface area (Å²) in [5.74, 6) is -3.23. The summed E-state index contributed by atoms with van der Waals surface area (Å²) < 4.78 is 0. The number of hydrogen-bond donors (Lipinski definition) is 3. The van der Waals surface area contributed by atoms with Crippen molar-refractivity contribution in [1.29, 1.82) is 0 Å². The quantitative estimate of drug-likeness (QED) is 0.646. The van der Waals surface area contributed by atoms with Crippen LogP contribution < -0.4 is 5.32 Å².